The third kappa shape index (κ3) is 1.79. The summed E-state index contributed by atoms with van der Waals surface area (Å²) in [5, 5.41) is 7.62. The number of anilines is 1. The highest BCUT2D eigenvalue weighted by Crippen LogP contribution is 2.19. The third-order valence-corrected chi connectivity index (χ3v) is 2.69. The predicted octanol–water partition coefficient (Wildman–Crippen LogP) is 2.12. The molecule has 0 aromatic carbocycles. The fraction of sp³-hybridized carbons (Fsp3) is 0.250. The SMILES string of the molecule is C1=C(Nc2cc3occc3cn2)CCNC1. The van der Waals surface area contributed by atoms with Gasteiger partial charge in [-0.2, -0.15) is 0 Å². The molecule has 0 saturated carbocycles. The molecule has 0 fully saturated rings. The van der Waals surface area contributed by atoms with Crippen LogP contribution in [0.4, 0.5) is 5.82 Å². The molecule has 0 bridgehead atoms. The molecule has 2 N–H and O–H groups in total. The number of aromatic nitrogens is 1. The fourth-order valence-corrected chi connectivity index (χ4v) is 1.82. The Hall–Kier alpha value is -1.81. The molecule has 16 heavy (non-hydrogen) atoms. The Morgan fingerprint density at radius 2 is 2.44 bits per heavy atom. The van der Waals surface area contributed by atoms with Crippen LogP contribution < -0.4 is 10.6 Å². The molecule has 1 aliphatic heterocycles. The smallest absolute Gasteiger partial charge is 0.139 e. The van der Waals surface area contributed by atoms with Crippen LogP contribution in [-0.4, -0.2) is 18.1 Å². The van der Waals surface area contributed by atoms with Crippen molar-refractivity contribution in [3.63, 3.8) is 0 Å². The Kier molecular flexibility index (Phi) is 2.34. The van der Waals surface area contributed by atoms with Gasteiger partial charge >= 0.3 is 0 Å². The monoisotopic (exact) mass is 215 g/mol. The second kappa shape index (κ2) is 3.98. The van der Waals surface area contributed by atoms with Crippen molar-refractivity contribution in [1.82, 2.24) is 10.3 Å². The minimum absolute atomic E-state index is 0.843. The standard InChI is InChI=1S/C12H13N3O/c1-4-13-5-2-10(1)15-12-7-11-9(8-14-12)3-6-16-11/h1,3,6-8,13H,2,4-5H2,(H,14,15). The lowest BCUT2D eigenvalue weighted by molar-refractivity contribution is 0.615. The van der Waals surface area contributed by atoms with Crippen LogP contribution in [0.3, 0.4) is 0 Å². The number of furan rings is 1. The van der Waals surface area contributed by atoms with Gasteiger partial charge in [-0.25, -0.2) is 4.98 Å². The largest absolute Gasteiger partial charge is 0.464 e. The number of nitrogens with zero attached hydrogens (tertiary/aromatic N) is 1. The second-order valence-electron chi connectivity index (χ2n) is 3.84. The van der Waals surface area contributed by atoms with Gasteiger partial charge in [0.05, 0.1) is 6.26 Å². The van der Waals surface area contributed by atoms with Crippen molar-refractivity contribution >= 4 is 16.8 Å². The van der Waals surface area contributed by atoms with Crippen molar-refractivity contribution in [1.29, 1.82) is 0 Å². The Balaban J connectivity index is 1.85. The van der Waals surface area contributed by atoms with E-state index in [0.29, 0.717) is 0 Å². The number of fused-ring (bicyclic) bond motifs is 1. The van der Waals surface area contributed by atoms with E-state index in [2.05, 4.69) is 21.7 Å². The van der Waals surface area contributed by atoms with E-state index in [1.165, 1.54) is 5.70 Å². The molecule has 0 unspecified atom stereocenters. The van der Waals surface area contributed by atoms with Crippen molar-refractivity contribution in [3.8, 4) is 0 Å². The van der Waals surface area contributed by atoms with Crippen LogP contribution >= 0.6 is 0 Å². The average molecular weight is 215 g/mol. The summed E-state index contributed by atoms with van der Waals surface area (Å²) < 4.78 is 5.34. The third-order valence-electron chi connectivity index (χ3n) is 2.69. The minimum Gasteiger partial charge on any atom is -0.464 e. The molecule has 0 radical (unpaired) electrons. The van der Waals surface area contributed by atoms with E-state index in [1.807, 2.05) is 18.3 Å². The van der Waals surface area contributed by atoms with E-state index in [0.717, 1.165) is 36.3 Å². The van der Waals surface area contributed by atoms with E-state index >= 15 is 0 Å². The fourth-order valence-electron chi connectivity index (χ4n) is 1.82. The normalized spacial score (nSPS) is 16.1. The van der Waals surface area contributed by atoms with Gasteiger partial charge in [0.2, 0.25) is 0 Å². The number of nitrogens with one attached hydrogen (secondary N) is 2. The first-order valence-corrected chi connectivity index (χ1v) is 5.42. The highest BCUT2D eigenvalue weighted by molar-refractivity contribution is 5.78. The average Bonchev–Trinajstić information content (AvgIpc) is 2.77. The molecular formula is C12H13N3O. The first-order chi connectivity index (χ1) is 7.92. The van der Waals surface area contributed by atoms with Gasteiger partial charge < -0.3 is 15.1 Å². The Bertz CT molecular complexity index is 530. The topological polar surface area (TPSA) is 50.1 Å². The number of hydrogen-bond donors (Lipinski definition) is 2. The van der Waals surface area contributed by atoms with Gasteiger partial charge in [0.15, 0.2) is 0 Å². The Morgan fingerprint density at radius 3 is 3.31 bits per heavy atom. The van der Waals surface area contributed by atoms with Crippen molar-refractivity contribution in [2.45, 2.75) is 6.42 Å². The van der Waals surface area contributed by atoms with Crippen molar-refractivity contribution in [3.05, 3.63) is 36.4 Å². The van der Waals surface area contributed by atoms with Gasteiger partial charge in [-0.3, -0.25) is 0 Å². The van der Waals surface area contributed by atoms with Gasteiger partial charge in [0.1, 0.15) is 11.4 Å². The lowest BCUT2D eigenvalue weighted by Gasteiger charge is -2.15. The van der Waals surface area contributed by atoms with Gasteiger partial charge in [-0.1, -0.05) is 6.08 Å². The first kappa shape index (κ1) is 9.42. The molecule has 0 amide bonds. The van der Waals surface area contributed by atoms with Crippen molar-refractivity contribution in [2.24, 2.45) is 0 Å². The summed E-state index contributed by atoms with van der Waals surface area (Å²) in [7, 11) is 0. The maximum atomic E-state index is 5.34. The van der Waals surface area contributed by atoms with Crippen LogP contribution in [0.5, 0.6) is 0 Å². The molecule has 0 aliphatic carbocycles. The molecule has 1 aliphatic rings. The summed E-state index contributed by atoms with van der Waals surface area (Å²) in [5.41, 5.74) is 2.09. The summed E-state index contributed by atoms with van der Waals surface area (Å²) in [4.78, 5) is 4.34. The van der Waals surface area contributed by atoms with Crippen molar-refractivity contribution < 1.29 is 4.42 Å². The molecule has 4 heteroatoms. The van der Waals surface area contributed by atoms with Crippen LogP contribution in [0.15, 0.2) is 40.8 Å². The van der Waals surface area contributed by atoms with Gasteiger partial charge in [-0.15, -0.1) is 0 Å². The van der Waals surface area contributed by atoms with Gasteiger partial charge in [0, 0.05) is 36.4 Å². The number of pyridine rings is 1. The summed E-state index contributed by atoms with van der Waals surface area (Å²) in [6.45, 7) is 1.94. The van der Waals surface area contributed by atoms with Crippen molar-refractivity contribution in [2.75, 3.05) is 18.4 Å². The first-order valence-electron chi connectivity index (χ1n) is 5.42. The molecule has 3 heterocycles. The van der Waals surface area contributed by atoms with E-state index in [9.17, 15) is 0 Å². The van der Waals surface area contributed by atoms with E-state index in [-0.39, 0.29) is 0 Å². The molecule has 0 saturated heterocycles. The van der Waals surface area contributed by atoms with Crippen LogP contribution in [0.1, 0.15) is 6.42 Å². The molecule has 82 valence electrons. The predicted molar refractivity (Wildman–Crippen MR) is 63.2 cm³/mol. The lowest BCUT2D eigenvalue weighted by Crippen LogP contribution is -2.23. The molecule has 2 aromatic rings. The molecule has 0 atom stereocenters. The summed E-state index contributed by atoms with van der Waals surface area (Å²) in [6.07, 6.45) is 6.66. The van der Waals surface area contributed by atoms with Gasteiger partial charge in [0.25, 0.3) is 0 Å². The van der Waals surface area contributed by atoms with Crippen LogP contribution in [-0.2, 0) is 0 Å². The number of rotatable bonds is 2. The number of hydrogen-bond acceptors (Lipinski definition) is 4. The Labute approximate surface area is 93.4 Å². The zero-order valence-electron chi connectivity index (χ0n) is 8.86. The lowest BCUT2D eigenvalue weighted by atomic mass is 10.2. The van der Waals surface area contributed by atoms with E-state index in [1.54, 1.807) is 6.26 Å². The molecule has 4 nitrogen and oxygen atoms in total. The van der Waals surface area contributed by atoms with Crippen LogP contribution in [0.2, 0.25) is 0 Å². The van der Waals surface area contributed by atoms with E-state index < -0.39 is 0 Å². The Morgan fingerprint density at radius 1 is 1.44 bits per heavy atom. The maximum absolute atomic E-state index is 5.34. The van der Waals surface area contributed by atoms with Crippen LogP contribution in [0, 0.1) is 0 Å². The zero-order chi connectivity index (χ0) is 10.8. The quantitative estimate of drug-likeness (QED) is 0.805. The van der Waals surface area contributed by atoms with Gasteiger partial charge in [-0.05, 0) is 12.5 Å². The minimum atomic E-state index is 0.843. The summed E-state index contributed by atoms with van der Waals surface area (Å²) in [5.74, 6) is 0.843. The molecular weight excluding hydrogens is 202 g/mol. The highest BCUT2D eigenvalue weighted by Gasteiger charge is 2.05. The van der Waals surface area contributed by atoms with E-state index in [4.69, 9.17) is 4.42 Å². The second-order valence-corrected chi connectivity index (χ2v) is 3.84. The highest BCUT2D eigenvalue weighted by atomic mass is 16.3. The van der Waals surface area contributed by atoms with Crippen LogP contribution in [0.25, 0.3) is 11.0 Å². The summed E-state index contributed by atoms with van der Waals surface area (Å²) >= 11 is 0. The zero-order valence-corrected chi connectivity index (χ0v) is 8.86. The molecule has 2 aromatic heterocycles. The summed E-state index contributed by atoms with van der Waals surface area (Å²) in [6, 6.07) is 3.84. The molecule has 3 rings (SSSR count). The molecule has 0 spiro atoms. The maximum Gasteiger partial charge on any atom is 0.139 e.